The number of ether oxygens (including phenoxy) is 1. The Hall–Kier alpha value is -0.550. The first kappa shape index (κ1) is 11.0. The molecule has 1 aliphatic heterocycles. The molecule has 15 heavy (non-hydrogen) atoms. The average Bonchev–Trinajstić information content (AvgIpc) is 2.70. The van der Waals surface area contributed by atoms with Gasteiger partial charge in [-0.25, -0.2) is 0 Å². The third-order valence-corrected chi connectivity index (χ3v) is 3.97. The molecule has 0 radical (unpaired) electrons. The van der Waals surface area contributed by atoms with Crippen LogP contribution in [-0.4, -0.2) is 12.7 Å². The van der Waals surface area contributed by atoms with E-state index < -0.39 is 0 Å². The Bertz CT molecular complexity index is 252. The molecule has 0 N–H and O–H groups in total. The molecule has 0 aromatic carbocycles. The van der Waals surface area contributed by atoms with Crippen molar-refractivity contribution in [3.63, 3.8) is 0 Å². The van der Waals surface area contributed by atoms with E-state index in [1.54, 1.807) is 0 Å². The van der Waals surface area contributed by atoms with E-state index in [-0.39, 0.29) is 5.41 Å². The number of hydrogen-bond acceptors (Lipinski definition) is 2. The van der Waals surface area contributed by atoms with E-state index >= 15 is 0 Å². The summed E-state index contributed by atoms with van der Waals surface area (Å²) in [5.41, 5.74) is -0.0628. The topological polar surface area (TPSA) is 33.0 Å². The fourth-order valence-electron chi connectivity index (χ4n) is 3.23. The van der Waals surface area contributed by atoms with Crippen molar-refractivity contribution in [2.75, 3.05) is 6.61 Å². The second-order valence-corrected chi connectivity index (χ2v) is 5.43. The molecular weight excluding hydrogens is 186 g/mol. The van der Waals surface area contributed by atoms with Crippen LogP contribution in [0.2, 0.25) is 0 Å². The lowest BCUT2D eigenvalue weighted by Gasteiger charge is -2.35. The second-order valence-electron chi connectivity index (χ2n) is 5.43. The van der Waals surface area contributed by atoms with Crippen LogP contribution in [0.5, 0.6) is 0 Å². The molecule has 1 saturated carbocycles. The highest BCUT2D eigenvalue weighted by Crippen LogP contribution is 2.43. The second kappa shape index (κ2) is 4.53. The first-order chi connectivity index (χ1) is 7.24. The maximum Gasteiger partial charge on any atom is 0.0690 e. The highest BCUT2D eigenvalue weighted by atomic mass is 16.5. The Morgan fingerprint density at radius 2 is 2.27 bits per heavy atom. The van der Waals surface area contributed by atoms with Crippen molar-refractivity contribution in [2.24, 2.45) is 11.3 Å². The van der Waals surface area contributed by atoms with E-state index in [2.05, 4.69) is 13.0 Å². The van der Waals surface area contributed by atoms with Gasteiger partial charge < -0.3 is 4.74 Å². The highest BCUT2D eigenvalue weighted by molar-refractivity contribution is 5.03. The van der Waals surface area contributed by atoms with E-state index in [0.717, 1.165) is 38.2 Å². The van der Waals surface area contributed by atoms with Gasteiger partial charge >= 0.3 is 0 Å². The van der Waals surface area contributed by atoms with E-state index in [4.69, 9.17) is 4.74 Å². The largest absolute Gasteiger partial charge is 0.378 e. The molecule has 3 atom stereocenters. The third kappa shape index (κ3) is 2.52. The van der Waals surface area contributed by atoms with Gasteiger partial charge in [-0.1, -0.05) is 19.8 Å². The Kier molecular flexibility index (Phi) is 3.31. The van der Waals surface area contributed by atoms with Gasteiger partial charge in [0, 0.05) is 6.61 Å². The molecule has 2 nitrogen and oxygen atoms in total. The van der Waals surface area contributed by atoms with Crippen LogP contribution in [0.3, 0.4) is 0 Å². The van der Waals surface area contributed by atoms with Crippen molar-refractivity contribution < 1.29 is 4.74 Å². The third-order valence-electron chi connectivity index (χ3n) is 3.97. The van der Waals surface area contributed by atoms with Gasteiger partial charge in [-0.2, -0.15) is 5.26 Å². The van der Waals surface area contributed by atoms with Gasteiger partial charge in [-0.15, -0.1) is 0 Å². The normalized spacial score (nSPS) is 41.3. The van der Waals surface area contributed by atoms with Crippen LogP contribution in [0.25, 0.3) is 0 Å². The first-order valence-electron chi connectivity index (χ1n) is 6.27. The molecule has 3 unspecified atom stereocenters. The molecule has 2 heteroatoms. The SMILES string of the molecule is CC1CCCC(C#N)(CC2CCCO2)C1. The lowest BCUT2D eigenvalue weighted by atomic mass is 9.68. The fourth-order valence-corrected chi connectivity index (χ4v) is 3.23. The van der Waals surface area contributed by atoms with Gasteiger partial charge in [-0.3, -0.25) is 0 Å². The molecule has 0 aromatic rings. The summed E-state index contributed by atoms with van der Waals surface area (Å²) in [6, 6.07) is 2.59. The molecule has 1 aliphatic carbocycles. The van der Waals surface area contributed by atoms with E-state index in [9.17, 15) is 5.26 Å². The predicted molar refractivity (Wildman–Crippen MR) is 59.3 cm³/mol. The average molecular weight is 207 g/mol. The molecule has 0 spiro atoms. The smallest absolute Gasteiger partial charge is 0.0690 e. The minimum Gasteiger partial charge on any atom is -0.378 e. The quantitative estimate of drug-likeness (QED) is 0.696. The molecule has 1 heterocycles. The summed E-state index contributed by atoms with van der Waals surface area (Å²) in [6.07, 6.45) is 8.40. The monoisotopic (exact) mass is 207 g/mol. The summed E-state index contributed by atoms with van der Waals surface area (Å²) in [4.78, 5) is 0. The van der Waals surface area contributed by atoms with Crippen molar-refractivity contribution in [3.8, 4) is 6.07 Å². The zero-order valence-electron chi connectivity index (χ0n) is 9.67. The number of nitrogens with zero attached hydrogens (tertiary/aromatic N) is 1. The van der Waals surface area contributed by atoms with Crippen molar-refractivity contribution >= 4 is 0 Å². The lowest BCUT2D eigenvalue weighted by Crippen LogP contribution is -2.30. The predicted octanol–water partition coefficient (Wildman–Crippen LogP) is 3.28. The molecule has 0 aromatic heterocycles. The number of hydrogen-bond donors (Lipinski definition) is 0. The number of nitriles is 1. The maximum atomic E-state index is 9.41. The molecule has 0 bridgehead atoms. The Morgan fingerprint density at radius 3 is 2.87 bits per heavy atom. The fraction of sp³-hybridized carbons (Fsp3) is 0.923. The van der Waals surface area contributed by atoms with Gasteiger partial charge in [0.2, 0.25) is 0 Å². The number of rotatable bonds is 2. The van der Waals surface area contributed by atoms with Crippen LogP contribution >= 0.6 is 0 Å². The lowest BCUT2D eigenvalue weighted by molar-refractivity contribution is 0.0577. The van der Waals surface area contributed by atoms with Crippen molar-refractivity contribution in [2.45, 2.75) is 58.0 Å². The Morgan fingerprint density at radius 1 is 1.40 bits per heavy atom. The van der Waals surface area contributed by atoms with Crippen molar-refractivity contribution in [3.05, 3.63) is 0 Å². The Balaban J connectivity index is 1.97. The summed E-state index contributed by atoms with van der Waals surface area (Å²) in [5.74, 6) is 0.722. The molecule has 1 saturated heterocycles. The summed E-state index contributed by atoms with van der Waals surface area (Å²) in [7, 11) is 0. The standard InChI is InChI=1S/C13H21NO/c1-11-4-2-6-13(8-11,10-14)9-12-5-3-7-15-12/h11-12H,2-9H2,1H3. The summed E-state index contributed by atoms with van der Waals surface area (Å²) < 4.78 is 5.67. The van der Waals surface area contributed by atoms with Crippen molar-refractivity contribution in [1.82, 2.24) is 0 Å². The first-order valence-corrected chi connectivity index (χ1v) is 6.27. The summed E-state index contributed by atoms with van der Waals surface area (Å²) >= 11 is 0. The molecule has 0 amide bonds. The van der Waals surface area contributed by atoms with Gasteiger partial charge in [0.1, 0.15) is 0 Å². The van der Waals surface area contributed by atoms with Crippen LogP contribution in [0.4, 0.5) is 0 Å². The van der Waals surface area contributed by atoms with E-state index in [0.29, 0.717) is 6.10 Å². The molecule has 84 valence electrons. The zero-order chi connectivity index (χ0) is 10.7. The maximum absolute atomic E-state index is 9.41. The van der Waals surface area contributed by atoms with Crippen LogP contribution in [-0.2, 0) is 4.74 Å². The minimum atomic E-state index is -0.0628. The van der Waals surface area contributed by atoms with Gasteiger partial charge in [0.15, 0.2) is 0 Å². The van der Waals surface area contributed by atoms with Gasteiger partial charge in [0.05, 0.1) is 17.6 Å². The summed E-state index contributed by atoms with van der Waals surface area (Å²) in [5, 5.41) is 9.41. The van der Waals surface area contributed by atoms with E-state index in [1.165, 1.54) is 19.3 Å². The Labute approximate surface area is 92.6 Å². The van der Waals surface area contributed by atoms with E-state index in [1.807, 2.05) is 0 Å². The van der Waals surface area contributed by atoms with Crippen LogP contribution < -0.4 is 0 Å². The van der Waals surface area contributed by atoms with Crippen molar-refractivity contribution in [1.29, 1.82) is 5.26 Å². The van der Waals surface area contributed by atoms with Crippen LogP contribution in [0.15, 0.2) is 0 Å². The highest BCUT2D eigenvalue weighted by Gasteiger charge is 2.38. The molecule has 2 fully saturated rings. The summed E-state index contributed by atoms with van der Waals surface area (Å²) in [6.45, 7) is 3.18. The minimum absolute atomic E-state index is 0.0628. The van der Waals surface area contributed by atoms with Gasteiger partial charge in [0.25, 0.3) is 0 Å². The van der Waals surface area contributed by atoms with Crippen LogP contribution in [0.1, 0.15) is 51.9 Å². The molecule has 2 rings (SSSR count). The zero-order valence-corrected chi connectivity index (χ0v) is 9.67. The van der Waals surface area contributed by atoms with Gasteiger partial charge in [-0.05, 0) is 38.0 Å². The molecule has 2 aliphatic rings. The van der Waals surface area contributed by atoms with Crippen LogP contribution in [0, 0.1) is 22.7 Å². The molecular formula is C13H21NO.